The Balaban J connectivity index is 1.47. The van der Waals surface area contributed by atoms with Crippen molar-refractivity contribution in [3.05, 3.63) is 83.2 Å². The highest BCUT2D eigenvalue weighted by atomic mass is 32.2. The molecule has 0 radical (unpaired) electrons. The van der Waals surface area contributed by atoms with Crippen LogP contribution in [0.5, 0.6) is 0 Å². The van der Waals surface area contributed by atoms with Gasteiger partial charge in [-0.15, -0.1) is 0 Å². The summed E-state index contributed by atoms with van der Waals surface area (Å²) < 4.78 is 28.8. The van der Waals surface area contributed by atoms with Gasteiger partial charge in [-0.2, -0.15) is 0 Å². The first kappa shape index (κ1) is 23.8. The second kappa shape index (κ2) is 9.97. The molecule has 2 aromatic carbocycles. The molecule has 5 rings (SSSR count). The predicted octanol–water partition coefficient (Wildman–Crippen LogP) is 4.89. The van der Waals surface area contributed by atoms with Gasteiger partial charge >= 0.3 is 0 Å². The van der Waals surface area contributed by atoms with Crippen molar-refractivity contribution in [3.63, 3.8) is 0 Å². The van der Waals surface area contributed by atoms with Gasteiger partial charge in [-0.1, -0.05) is 73.0 Å². The summed E-state index contributed by atoms with van der Waals surface area (Å²) in [5.74, 6) is 0.221. The number of aromatic nitrogens is 2. The Morgan fingerprint density at radius 2 is 1.66 bits per heavy atom. The second-order valence-electron chi connectivity index (χ2n) is 10.0. The molecule has 2 fully saturated rings. The summed E-state index contributed by atoms with van der Waals surface area (Å²) in [7, 11) is -3.68. The van der Waals surface area contributed by atoms with Gasteiger partial charge in [0.15, 0.2) is 0 Å². The van der Waals surface area contributed by atoms with Crippen LogP contribution >= 0.6 is 0 Å². The standard InChI is InChI=1S/C28H33N3O3S/c1-21-11-13-23(14-12-21)20-35(33,34)28-29-17-26(31(28)18-22-7-3-2-4-8-22)19-30(25-15-16-25)27(32)24-9-5-6-10-24/h2-4,7-8,11-14,17,24-25H,5-6,9-10,15-16,18-20H2,1H3. The number of carbonyl (C=O) groups excluding carboxylic acids is 1. The van der Waals surface area contributed by atoms with Crippen LogP contribution in [0, 0.1) is 12.8 Å². The number of amides is 1. The van der Waals surface area contributed by atoms with Crippen molar-refractivity contribution >= 4 is 15.7 Å². The smallest absolute Gasteiger partial charge is 0.228 e. The molecule has 1 heterocycles. The minimum absolute atomic E-state index is 0.0704. The van der Waals surface area contributed by atoms with Crippen molar-refractivity contribution in [2.75, 3.05) is 0 Å². The van der Waals surface area contributed by atoms with E-state index in [4.69, 9.17) is 0 Å². The normalized spacial score (nSPS) is 16.5. The van der Waals surface area contributed by atoms with Crippen molar-refractivity contribution in [2.24, 2.45) is 5.92 Å². The summed E-state index contributed by atoms with van der Waals surface area (Å²) in [6, 6.07) is 17.6. The van der Waals surface area contributed by atoms with Crippen LogP contribution in [0.1, 0.15) is 60.9 Å². The summed E-state index contributed by atoms with van der Waals surface area (Å²) in [6.07, 6.45) is 7.84. The Labute approximate surface area is 207 Å². The van der Waals surface area contributed by atoms with E-state index < -0.39 is 9.84 Å². The van der Waals surface area contributed by atoms with E-state index >= 15 is 0 Å². The quantitative estimate of drug-likeness (QED) is 0.427. The molecule has 0 saturated heterocycles. The molecule has 184 valence electrons. The largest absolute Gasteiger partial charge is 0.334 e. The van der Waals surface area contributed by atoms with Gasteiger partial charge in [-0.3, -0.25) is 4.79 Å². The number of aryl methyl sites for hydroxylation is 1. The highest BCUT2D eigenvalue weighted by Gasteiger charge is 2.37. The zero-order valence-corrected chi connectivity index (χ0v) is 21.1. The number of rotatable bonds is 9. The zero-order valence-electron chi connectivity index (χ0n) is 20.3. The van der Waals surface area contributed by atoms with Gasteiger partial charge < -0.3 is 9.47 Å². The van der Waals surface area contributed by atoms with Crippen LogP contribution < -0.4 is 0 Å². The van der Waals surface area contributed by atoms with Gasteiger partial charge in [-0.25, -0.2) is 13.4 Å². The van der Waals surface area contributed by atoms with E-state index in [-0.39, 0.29) is 28.8 Å². The van der Waals surface area contributed by atoms with Crippen molar-refractivity contribution in [1.29, 1.82) is 0 Å². The molecule has 2 saturated carbocycles. The highest BCUT2D eigenvalue weighted by Crippen LogP contribution is 2.34. The van der Waals surface area contributed by atoms with E-state index in [9.17, 15) is 13.2 Å². The van der Waals surface area contributed by atoms with Gasteiger partial charge in [0.2, 0.25) is 20.9 Å². The molecule has 1 amide bonds. The fourth-order valence-corrected chi connectivity index (χ4v) is 6.52. The summed E-state index contributed by atoms with van der Waals surface area (Å²) in [5, 5.41) is 0.0704. The Morgan fingerprint density at radius 3 is 2.31 bits per heavy atom. The Morgan fingerprint density at radius 1 is 0.971 bits per heavy atom. The molecule has 2 aliphatic carbocycles. The lowest BCUT2D eigenvalue weighted by Crippen LogP contribution is -2.37. The third-order valence-electron chi connectivity index (χ3n) is 7.15. The fraction of sp³-hybridized carbons (Fsp3) is 0.429. The van der Waals surface area contributed by atoms with E-state index in [0.717, 1.165) is 60.9 Å². The Kier molecular flexibility index (Phi) is 6.78. The van der Waals surface area contributed by atoms with Gasteiger partial charge in [0, 0.05) is 12.0 Å². The molecule has 0 unspecified atom stereocenters. The van der Waals surface area contributed by atoms with Gasteiger partial charge in [-0.05, 0) is 43.7 Å². The molecule has 0 atom stereocenters. The molecule has 2 aliphatic rings. The first-order chi connectivity index (χ1) is 16.9. The highest BCUT2D eigenvalue weighted by molar-refractivity contribution is 7.90. The Hall–Kier alpha value is -2.93. The van der Waals surface area contributed by atoms with E-state index in [1.807, 2.05) is 66.4 Å². The van der Waals surface area contributed by atoms with Crippen molar-refractivity contribution in [2.45, 2.75) is 75.5 Å². The number of hydrogen-bond donors (Lipinski definition) is 0. The summed E-state index contributed by atoms with van der Waals surface area (Å²) in [4.78, 5) is 19.8. The fourth-order valence-electron chi connectivity index (χ4n) is 5.02. The maximum Gasteiger partial charge on any atom is 0.228 e. The van der Waals surface area contributed by atoms with E-state index in [1.54, 1.807) is 10.8 Å². The molecule has 0 spiro atoms. The summed E-state index contributed by atoms with van der Waals surface area (Å²) >= 11 is 0. The first-order valence-electron chi connectivity index (χ1n) is 12.6. The van der Waals surface area contributed by atoms with E-state index in [2.05, 4.69) is 4.98 Å². The number of hydrogen-bond acceptors (Lipinski definition) is 4. The van der Waals surface area contributed by atoms with Crippen molar-refractivity contribution < 1.29 is 13.2 Å². The molecule has 0 bridgehead atoms. The first-order valence-corrected chi connectivity index (χ1v) is 14.2. The summed E-state index contributed by atoms with van der Waals surface area (Å²) in [5.41, 5.74) is 3.60. The van der Waals surface area contributed by atoms with Crippen LogP contribution in [-0.4, -0.2) is 34.8 Å². The molecule has 7 heteroatoms. The maximum absolute atomic E-state index is 13.5. The van der Waals surface area contributed by atoms with Crippen LogP contribution in [0.15, 0.2) is 66.0 Å². The summed E-state index contributed by atoms with van der Waals surface area (Å²) in [6.45, 7) is 2.78. The SMILES string of the molecule is Cc1ccc(CS(=O)(=O)c2ncc(CN(C(=O)C3CCCC3)C3CC3)n2Cc2ccccc2)cc1. The molecular formula is C28H33N3O3S. The molecule has 6 nitrogen and oxygen atoms in total. The monoisotopic (exact) mass is 491 g/mol. The lowest BCUT2D eigenvalue weighted by atomic mass is 10.1. The number of benzene rings is 2. The van der Waals surface area contributed by atoms with E-state index in [1.165, 1.54) is 0 Å². The average molecular weight is 492 g/mol. The maximum atomic E-state index is 13.5. The number of carbonyl (C=O) groups is 1. The number of nitrogens with zero attached hydrogens (tertiary/aromatic N) is 3. The minimum atomic E-state index is -3.68. The molecular weight excluding hydrogens is 458 g/mol. The van der Waals surface area contributed by atoms with Crippen molar-refractivity contribution in [1.82, 2.24) is 14.5 Å². The average Bonchev–Trinajstić information content (AvgIpc) is 3.37. The lowest BCUT2D eigenvalue weighted by Gasteiger charge is -2.26. The second-order valence-corrected chi connectivity index (χ2v) is 11.9. The van der Waals surface area contributed by atoms with Gasteiger partial charge in [0.25, 0.3) is 0 Å². The van der Waals surface area contributed by atoms with Gasteiger partial charge in [0.05, 0.1) is 30.7 Å². The van der Waals surface area contributed by atoms with Crippen LogP contribution in [0.2, 0.25) is 0 Å². The number of sulfone groups is 1. The molecule has 0 aliphatic heterocycles. The lowest BCUT2D eigenvalue weighted by molar-refractivity contribution is -0.136. The van der Waals surface area contributed by atoms with Crippen LogP contribution in [-0.2, 0) is 33.5 Å². The van der Waals surface area contributed by atoms with E-state index in [0.29, 0.717) is 13.1 Å². The topological polar surface area (TPSA) is 72.3 Å². The molecule has 3 aromatic rings. The van der Waals surface area contributed by atoms with Gasteiger partial charge in [0.1, 0.15) is 0 Å². The van der Waals surface area contributed by atoms with Crippen LogP contribution in [0.4, 0.5) is 0 Å². The van der Waals surface area contributed by atoms with Crippen LogP contribution in [0.25, 0.3) is 0 Å². The predicted molar refractivity (Wildman–Crippen MR) is 135 cm³/mol. The molecule has 1 aromatic heterocycles. The third kappa shape index (κ3) is 5.50. The number of imidazole rings is 1. The molecule has 35 heavy (non-hydrogen) atoms. The third-order valence-corrected chi connectivity index (χ3v) is 8.74. The van der Waals surface area contributed by atoms with Crippen LogP contribution in [0.3, 0.4) is 0 Å². The minimum Gasteiger partial charge on any atom is -0.334 e. The Bertz CT molecular complexity index is 1270. The van der Waals surface area contributed by atoms with Crippen molar-refractivity contribution in [3.8, 4) is 0 Å². The zero-order chi connectivity index (χ0) is 24.4. The molecule has 0 N–H and O–H groups in total.